The van der Waals surface area contributed by atoms with Crippen molar-refractivity contribution >= 4 is 11.0 Å². The van der Waals surface area contributed by atoms with Crippen LogP contribution < -0.4 is 0 Å². The lowest BCUT2D eigenvalue weighted by molar-refractivity contribution is 0.475. The van der Waals surface area contributed by atoms with Crippen molar-refractivity contribution in [3.63, 3.8) is 0 Å². The summed E-state index contributed by atoms with van der Waals surface area (Å²) in [6, 6.07) is 17.7. The lowest BCUT2D eigenvalue weighted by Crippen LogP contribution is -1.97. The molecule has 0 aliphatic rings. The lowest BCUT2D eigenvalue weighted by atomic mass is 10.1. The lowest BCUT2D eigenvalue weighted by Gasteiger charge is -2.09. The van der Waals surface area contributed by atoms with Gasteiger partial charge in [-0.05, 0) is 48.9 Å². The minimum atomic E-state index is 0.265. The van der Waals surface area contributed by atoms with E-state index >= 15 is 0 Å². The van der Waals surface area contributed by atoms with E-state index in [1.165, 1.54) is 5.69 Å². The van der Waals surface area contributed by atoms with E-state index in [1.54, 1.807) is 12.1 Å². The molecule has 4 nitrogen and oxygen atoms in total. The number of para-hydroxylation sites is 1. The first kappa shape index (κ1) is 14.6. The van der Waals surface area contributed by atoms with Crippen LogP contribution in [0.3, 0.4) is 0 Å². The van der Waals surface area contributed by atoms with Crippen molar-refractivity contribution in [2.24, 2.45) is 0 Å². The molecule has 0 atom stereocenters. The van der Waals surface area contributed by atoms with Crippen molar-refractivity contribution < 1.29 is 5.11 Å². The fraction of sp³-hybridized carbons (Fsp3) is 0.150. The zero-order valence-electron chi connectivity index (χ0n) is 13.6. The third kappa shape index (κ3) is 2.36. The first-order valence-corrected chi connectivity index (χ1v) is 8.19. The molecule has 0 aliphatic carbocycles. The van der Waals surface area contributed by atoms with E-state index in [0.29, 0.717) is 0 Å². The highest BCUT2D eigenvalue weighted by atomic mass is 16.3. The van der Waals surface area contributed by atoms with E-state index in [1.807, 2.05) is 23.0 Å². The van der Waals surface area contributed by atoms with Crippen LogP contribution in [-0.2, 0) is 6.54 Å². The monoisotopic (exact) mass is 317 g/mol. The van der Waals surface area contributed by atoms with Gasteiger partial charge in [0.15, 0.2) is 0 Å². The number of imidazole rings is 1. The van der Waals surface area contributed by atoms with Crippen LogP contribution in [0.15, 0.2) is 67.1 Å². The topological polar surface area (TPSA) is 43.0 Å². The molecular formula is C20H19N3O. The number of benzene rings is 2. The summed E-state index contributed by atoms with van der Waals surface area (Å²) >= 11 is 0. The first-order valence-electron chi connectivity index (χ1n) is 8.19. The van der Waals surface area contributed by atoms with Gasteiger partial charge in [-0.2, -0.15) is 0 Å². The Kier molecular flexibility index (Phi) is 3.58. The summed E-state index contributed by atoms with van der Waals surface area (Å²) < 4.78 is 4.32. The van der Waals surface area contributed by atoms with E-state index in [4.69, 9.17) is 0 Å². The number of phenolic OH excluding ortho intramolecular Hbond substituents is 1. The summed E-state index contributed by atoms with van der Waals surface area (Å²) in [5.74, 6) is 0.265. The van der Waals surface area contributed by atoms with E-state index < -0.39 is 0 Å². The average molecular weight is 317 g/mol. The smallest absolute Gasteiger partial charge is 0.115 e. The van der Waals surface area contributed by atoms with E-state index in [-0.39, 0.29) is 5.75 Å². The van der Waals surface area contributed by atoms with Crippen molar-refractivity contribution in [2.45, 2.75) is 19.9 Å². The second kappa shape index (κ2) is 5.89. The Labute approximate surface area is 140 Å². The molecule has 0 radical (unpaired) electrons. The molecular weight excluding hydrogens is 298 g/mol. The van der Waals surface area contributed by atoms with Crippen LogP contribution in [0.2, 0.25) is 0 Å². The zero-order chi connectivity index (χ0) is 16.5. The molecule has 4 heteroatoms. The number of aryl methyl sites for hydroxylation is 1. The summed E-state index contributed by atoms with van der Waals surface area (Å²) in [6.07, 6.45) is 5.06. The highest BCUT2D eigenvalue weighted by molar-refractivity contribution is 5.92. The van der Waals surface area contributed by atoms with Gasteiger partial charge in [0.2, 0.25) is 0 Å². The largest absolute Gasteiger partial charge is 0.508 e. The van der Waals surface area contributed by atoms with Gasteiger partial charge in [-0.3, -0.25) is 4.57 Å². The minimum absolute atomic E-state index is 0.265. The molecule has 0 fully saturated rings. The summed E-state index contributed by atoms with van der Waals surface area (Å²) in [5.41, 5.74) is 5.36. The van der Waals surface area contributed by atoms with Crippen LogP contribution in [0.25, 0.3) is 28.0 Å². The fourth-order valence-electron chi connectivity index (χ4n) is 3.16. The minimum Gasteiger partial charge on any atom is -0.508 e. The van der Waals surface area contributed by atoms with E-state index in [0.717, 1.165) is 35.2 Å². The van der Waals surface area contributed by atoms with Gasteiger partial charge in [0, 0.05) is 24.0 Å². The zero-order valence-corrected chi connectivity index (χ0v) is 13.6. The number of hydrogen-bond donors (Lipinski definition) is 1. The number of nitrogens with zero attached hydrogens (tertiary/aromatic N) is 3. The van der Waals surface area contributed by atoms with Crippen LogP contribution in [0, 0.1) is 0 Å². The molecule has 120 valence electrons. The maximum Gasteiger partial charge on any atom is 0.115 e. The summed E-state index contributed by atoms with van der Waals surface area (Å²) in [4.78, 5) is 4.66. The number of rotatable bonds is 4. The molecule has 2 aromatic heterocycles. The van der Waals surface area contributed by atoms with Gasteiger partial charge in [0.05, 0.1) is 16.7 Å². The average Bonchev–Trinajstić information content (AvgIpc) is 3.23. The molecule has 24 heavy (non-hydrogen) atoms. The summed E-state index contributed by atoms with van der Waals surface area (Å²) in [6.45, 7) is 3.18. The molecule has 0 unspecified atom stereocenters. The molecule has 0 saturated carbocycles. The second-order valence-electron chi connectivity index (χ2n) is 5.89. The maximum absolute atomic E-state index is 9.49. The van der Waals surface area contributed by atoms with Crippen LogP contribution >= 0.6 is 0 Å². The fourth-order valence-corrected chi connectivity index (χ4v) is 3.16. The number of fused-ring (bicyclic) bond motifs is 1. The van der Waals surface area contributed by atoms with Crippen LogP contribution in [0.1, 0.15) is 13.3 Å². The molecule has 0 amide bonds. The predicted octanol–water partition coefficient (Wildman–Crippen LogP) is 4.61. The Balaban J connectivity index is 1.88. The van der Waals surface area contributed by atoms with Crippen molar-refractivity contribution in [3.8, 4) is 22.7 Å². The normalized spacial score (nSPS) is 11.2. The van der Waals surface area contributed by atoms with Crippen LogP contribution in [0.4, 0.5) is 0 Å². The summed E-state index contributed by atoms with van der Waals surface area (Å²) in [7, 11) is 0. The van der Waals surface area contributed by atoms with Gasteiger partial charge < -0.3 is 9.67 Å². The van der Waals surface area contributed by atoms with Gasteiger partial charge in [0.1, 0.15) is 12.1 Å². The van der Waals surface area contributed by atoms with Crippen molar-refractivity contribution in [3.05, 3.63) is 67.1 Å². The van der Waals surface area contributed by atoms with E-state index in [9.17, 15) is 5.11 Å². The number of hydrogen-bond acceptors (Lipinski definition) is 2. The van der Waals surface area contributed by atoms with Gasteiger partial charge >= 0.3 is 0 Å². The van der Waals surface area contributed by atoms with Crippen molar-refractivity contribution in [1.82, 2.24) is 14.1 Å². The standard InChI is InChI=1S/C20H19N3O/c1-2-12-22-13-4-7-18(22)17-5-3-6-19-20(17)21-14-23(19)15-8-10-16(24)11-9-15/h3-11,13-14,24H,2,12H2,1H3. The molecule has 2 heterocycles. The molecule has 0 saturated heterocycles. The Morgan fingerprint density at radius 1 is 1.00 bits per heavy atom. The highest BCUT2D eigenvalue weighted by Gasteiger charge is 2.12. The second-order valence-corrected chi connectivity index (χ2v) is 5.89. The highest BCUT2D eigenvalue weighted by Crippen LogP contribution is 2.30. The maximum atomic E-state index is 9.49. The quantitative estimate of drug-likeness (QED) is 0.597. The predicted molar refractivity (Wildman–Crippen MR) is 96.5 cm³/mol. The first-order chi connectivity index (χ1) is 11.8. The van der Waals surface area contributed by atoms with Gasteiger partial charge in [-0.25, -0.2) is 4.98 Å². The molecule has 1 N–H and O–H groups in total. The molecule has 0 bridgehead atoms. The Bertz CT molecular complexity index is 980. The SMILES string of the molecule is CCCn1cccc1-c1cccc2c1ncn2-c1ccc(O)cc1. The van der Waals surface area contributed by atoms with Crippen molar-refractivity contribution in [1.29, 1.82) is 0 Å². The number of aromatic nitrogens is 3. The van der Waals surface area contributed by atoms with Crippen molar-refractivity contribution in [2.75, 3.05) is 0 Å². The third-order valence-electron chi connectivity index (χ3n) is 4.27. The Hall–Kier alpha value is -3.01. The third-order valence-corrected chi connectivity index (χ3v) is 4.27. The number of phenols is 1. The molecule has 0 aliphatic heterocycles. The van der Waals surface area contributed by atoms with Gasteiger partial charge in [-0.15, -0.1) is 0 Å². The summed E-state index contributed by atoms with van der Waals surface area (Å²) in [5, 5.41) is 9.49. The molecule has 0 spiro atoms. The Morgan fingerprint density at radius 2 is 1.83 bits per heavy atom. The van der Waals surface area contributed by atoms with Gasteiger partial charge in [0.25, 0.3) is 0 Å². The van der Waals surface area contributed by atoms with E-state index in [2.05, 4.69) is 53.0 Å². The molecule has 2 aromatic carbocycles. The molecule has 4 aromatic rings. The van der Waals surface area contributed by atoms with Gasteiger partial charge in [-0.1, -0.05) is 19.1 Å². The van der Waals surface area contributed by atoms with Crippen LogP contribution in [-0.4, -0.2) is 19.2 Å². The molecule has 4 rings (SSSR count). The Morgan fingerprint density at radius 3 is 2.62 bits per heavy atom. The van der Waals surface area contributed by atoms with Crippen LogP contribution in [0.5, 0.6) is 5.75 Å². The number of aromatic hydroxyl groups is 1.